The number of hydrogen-bond donors (Lipinski definition) is 1. The average Bonchev–Trinajstić information content (AvgIpc) is 2.39. The van der Waals surface area contributed by atoms with Crippen molar-refractivity contribution in [2.24, 2.45) is 0 Å². The van der Waals surface area contributed by atoms with Gasteiger partial charge in [0, 0.05) is 0 Å². The van der Waals surface area contributed by atoms with Crippen LogP contribution >= 0.6 is 0 Å². The Labute approximate surface area is 106 Å². The minimum Gasteiger partial charge on any atom is -0.437 e. The molecule has 1 aromatic heterocycles. The van der Waals surface area contributed by atoms with Gasteiger partial charge in [0.05, 0.1) is 24.7 Å². The third kappa shape index (κ3) is 3.05. The van der Waals surface area contributed by atoms with Crippen molar-refractivity contribution in [1.29, 1.82) is 0 Å². The highest BCUT2D eigenvalue weighted by Crippen LogP contribution is 2.23. The van der Waals surface area contributed by atoms with E-state index >= 15 is 0 Å². The van der Waals surface area contributed by atoms with E-state index in [4.69, 9.17) is 9.84 Å². The van der Waals surface area contributed by atoms with Gasteiger partial charge < -0.3 is 9.84 Å². The van der Waals surface area contributed by atoms with Gasteiger partial charge in [-0.15, -0.1) is 0 Å². The summed E-state index contributed by atoms with van der Waals surface area (Å²) >= 11 is 0. The topological polar surface area (TPSA) is 55.2 Å². The highest BCUT2D eigenvalue weighted by atomic mass is 16.5. The normalized spacial score (nSPS) is 10.7. The molecule has 0 aliphatic rings. The number of aromatic nitrogens is 2. The van der Waals surface area contributed by atoms with Crippen LogP contribution < -0.4 is 4.74 Å². The lowest BCUT2D eigenvalue weighted by Gasteiger charge is -2.09. The molecule has 0 radical (unpaired) electrons. The maximum absolute atomic E-state index is 8.99. The van der Waals surface area contributed by atoms with Crippen LogP contribution in [0, 0.1) is 0 Å². The van der Waals surface area contributed by atoms with Crippen LogP contribution in [0.2, 0.25) is 0 Å². The van der Waals surface area contributed by atoms with Gasteiger partial charge >= 0.3 is 0 Å². The molecule has 4 heteroatoms. The van der Waals surface area contributed by atoms with Crippen molar-refractivity contribution in [1.82, 2.24) is 9.97 Å². The number of benzene rings is 1. The summed E-state index contributed by atoms with van der Waals surface area (Å²) in [6, 6.07) is 7.87. The van der Waals surface area contributed by atoms with Crippen LogP contribution in [0.15, 0.2) is 36.7 Å². The van der Waals surface area contributed by atoms with Gasteiger partial charge in [-0.25, -0.2) is 4.98 Å². The Morgan fingerprint density at radius 1 is 1.28 bits per heavy atom. The van der Waals surface area contributed by atoms with Crippen LogP contribution in [-0.2, 0) is 6.61 Å². The Morgan fingerprint density at radius 2 is 2.11 bits per heavy atom. The Balaban J connectivity index is 2.20. The molecule has 1 heterocycles. The second-order valence-corrected chi connectivity index (χ2v) is 4.34. The van der Waals surface area contributed by atoms with Gasteiger partial charge in [-0.1, -0.05) is 26.0 Å². The molecule has 0 aliphatic heterocycles. The molecule has 0 aliphatic carbocycles. The fourth-order valence-electron chi connectivity index (χ4n) is 1.57. The van der Waals surface area contributed by atoms with Crippen LogP contribution in [0.4, 0.5) is 0 Å². The first-order valence-corrected chi connectivity index (χ1v) is 5.88. The van der Waals surface area contributed by atoms with Crippen molar-refractivity contribution >= 4 is 0 Å². The fraction of sp³-hybridized carbons (Fsp3) is 0.286. The molecule has 0 unspecified atom stereocenters. The number of hydrogen-bond acceptors (Lipinski definition) is 4. The smallest absolute Gasteiger partial charge is 0.238 e. The second kappa shape index (κ2) is 5.60. The van der Waals surface area contributed by atoms with Crippen molar-refractivity contribution in [3.63, 3.8) is 0 Å². The lowest BCUT2D eigenvalue weighted by atomic mass is 10.0. The molecule has 2 rings (SSSR count). The zero-order valence-corrected chi connectivity index (χ0v) is 10.5. The number of rotatable bonds is 4. The Bertz CT molecular complexity index is 527. The molecule has 4 nitrogen and oxygen atoms in total. The van der Waals surface area contributed by atoms with Gasteiger partial charge in [-0.05, 0) is 23.6 Å². The molecule has 2 aromatic rings. The molecule has 18 heavy (non-hydrogen) atoms. The van der Waals surface area contributed by atoms with Gasteiger partial charge in [-0.2, -0.15) is 0 Å². The number of ether oxygens (including phenoxy) is 1. The highest BCUT2D eigenvalue weighted by Gasteiger charge is 2.04. The molecule has 0 spiro atoms. The van der Waals surface area contributed by atoms with E-state index in [1.165, 1.54) is 18.0 Å². The van der Waals surface area contributed by atoms with E-state index in [1.54, 1.807) is 0 Å². The van der Waals surface area contributed by atoms with E-state index in [1.807, 2.05) is 18.2 Å². The van der Waals surface area contributed by atoms with E-state index in [0.717, 1.165) is 5.75 Å². The first-order valence-electron chi connectivity index (χ1n) is 5.88. The Morgan fingerprint density at radius 3 is 2.83 bits per heavy atom. The maximum Gasteiger partial charge on any atom is 0.238 e. The third-order valence-electron chi connectivity index (χ3n) is 2.57. The fourth-order valence-corrected chi connectivity index (χ4v) is 1.57. The predicted octanol–water partition coefficient (Wildman–Crippen LogP) is 2.88. The zero-order valence-electron chi connectivity index (χ0n) is 10.5. The molecule has 1 N–H and O–H groups in total. The zero-order chi connectivity index (χ0) is 13.0. The van der Waals surface area contributed by atoms with Crippen LogP contribution in [-0.4, -0.2) is 15.1 Å². The lowest BCUT2D eigenvalue weighted by Crippen LogP contribution is -1.95. The summed E-state index contributed by atoms with van der Waals surface area (Å²) in [6.45, 7) is 4.12. The summed E-state index contributed by atoms with van der Waals surface area (Å²) in [5.74, 6) is 1.57. The van der Waals surface area contributed by atoms with E-state index in [2.05, 4.69) is 29.9 Å². The summed E-state index contributed by atoms with van der Waals surface area (Å²) in [5.41, 5.74) is 1.70. The number of aliphatic hydroxyl groups excluding tert-OH is 1. The Hall–Kier alpha value is -1.94. The molecule has 0 fully saturated rings. The molecular weight excluding hydrogens is 228 g/mol. The largest absolute Gasteiger partial charge is 0.437 e. The molecule has 0 saturated heterocycles. The van der Waals surface area contributed by atoms with Crippen molar-refractivity contribution in [2.45, 2.75) is 26.4 Å². The van der Waals surface area contributed by atoms with E-state index < -0.39 is 0 Å². The summed E-state index contributed by atoms with van der Waals surface area (Å²) in [4.78, 5) is 8.09. The number of aliphatic hydroxyl groups is 1. The van der Waals surface area contributed by atoms with Crippen molar-refractivity contribution in [3.05, 3.63) is 47.9 Å². The van der Waals surface area contributed by atoms with Gasteiger partial charge in [0.25, 0.3) is 0 Å². The van der Waals surface area contributed by atoms with Crippen LogP contribution in [0.5, 0.6) is 11.6 Å². The third-order valence-corrected chi connectivity index (χ3v) is 2.57. The van der Waals surface area contributed by atoms with Crippen LogP contribution in [0.1, 0.15) is 31.0 Å². The minimum absolute atomic E-state index is 0.143. The van der Waals surface area contributed by atoms with Gasteiger partial charge in [0.1, 0.15) is 5.75 Å². The summed E-state index contributed by atoms with van der Waals surface area (Å²) in [6.07, 6.45) is 3.04. The van der Waals surface area contributed by atoms with Gasteiger partial charge in [0.15, 0.2) is 0 Å². The van der Waals surface area contributed by atoms with E-state index in [-0.39, 0.29) is 6.61 Å². The molecule has 0 bridgehead atoms. The maximum atomic E-state index is 8.99. The molecule has 94 valence electrons. The minimum atomic E-state index is -0.143. The SMILES string of the molecule is CC(C)c1cccc(Oc2cncc(CO)n2)c1. The molecular formula is C14H16N2O2. The monoisotopic (exact) mass is 244 g/mol. The molecule has 0 saturated carbocycles. The summed E-state index contributed by atoms with van der Waals surface area (Å²) in [7, 11) is 0. The Kier molecular flexibility index (Phi) is 3.89. The van der Waals surface area contributed by atoms with E-state index in [9.17, 15) is 0 Å². The van der Waals surface area contributed by atoms with Crippen molar-refractivity contribution in [2.75, 3.05) is 0 Å². The summed E-state index contributed by atoms with van der Waals surface area (Å²) < 4.78 is 5.63. The molecule has 1 aromatic carbocycles. The average molecular weight is 244 g/mol. The standard InChI is InChI=1S/C14H16N2O2/c1-10(2)11-4-3-5-13(6-11)18-14-8-15-7-12(9-17)16-14/h3-8,10,17H,9H2,1-2H3. The summed E-state index contributed by atoms with van der Waals surface area (Å²) in [5, 5.41) is 8.99. The molecule has 0 atom stereocenters. The highest BCUT2D eigenvalue weighted by molar-refractivity contribution is 5.32. The predicted molar refractivity (Wildman–Crippen MR) is 68.6 cm³/mol. The molecule has 0 amide bonds. The van der Waals surface area contributed by atoms with Gasteiger partial charge in [0.2, 0.25) is 5.88 Å². The lowest BCUT2D eigenvalue weighted by molar-refractivity contribution is 0.274. The second-order valence-electron chi connectivity index (χ2n) is 4.34. The quantitative estimate of drug-likeness (QED) is 0.898. The van der Waals surface area contributed by atoms with Crippen LogP contribution in [0.25, 0.3) is 0 Å². The van der Waals surface area contributed by atoms with Crippen molar-refractivity contribution < 1.29 is 9.84 Å². The number of nitrogens with zero attached hydrogens (tertiary/aromatic N) is 2. The first-order chi connectivity index (χ1) is 8.69. The van der Waals surface area contributed by atoms with E-state index in [0.29, 0.717) is 17.5 Å². The van der Waals surface area contributed by atoms with Crippen molar-refractivity contribution in [3.8, 4) is 11.6 Å². The van der Waals surface area contributed by atoms with Gasteiger partial charge in [-0.3, -0.25) is 4.98 Å². The first kappa shape index (κ1) is 12.5. The van der Waals surface area contributed by atoms with Crippen LogP contribution in [0.3, 0.4) is 0 Å².